The van der Waals surface area contributed by atoms with Crippen molar-refractivity contribution in [1.29, 1.82) is 0 Å². The first-order valence-electron chi connectivity index (χ1n) is 8.13. The quantitative estimate of drug-likeness (QED) is 0.747. The molecule has 0 aliphatic heterocycles. The molecule has 1 unspecified atom stereocenters. The van der Waals surface area contributed by atoms with E-state index in [1.54, 1.807) is 42.2 Å². The number of amides is 1. The first-order valence-corrected chi connectivity index (χ1v) is 8.13. The molecule has 2 N–H and O–H groups in total. The Kier molecular flexibility index (Phi) is 5.86. The van der Waals surface area contributed by atoms with E-state index in [9.17, 15) is 18.0 Å². The number of alkyl halides is 3. The summed E-state index contributed by atoms with van der Waals surface area (Å²) in [6.07, 6.45) is -2.69. The lowest BCUT2D eigenvalue weighted by atomic mass is 10.0. The number of carbonyl (C=O) groups excluding carboxylic acids is 1. The van der Waals surface area contributed by atoms with Gasteiger partial charge in [-0.15, -0.1) is 12.4 Å². The van der Waals surface area contributed by atoms with Crippen LogP contribution in [0.3, 0.4) is 0 Å². The standard InChI is InChI=1S/C19H19F3N2O.ClH/c1-12(13-4-2-6-15(10-13)19(20,21)22)24(17-8-9-17)18(25)14-5-3-7-16(23)11-14;/h2-7,10-12,17H,8-9,23H2,1H3;1H. The van der Waals surface area contributed by atoms with Gasteiger partial charge in [0.15, 0.2) is 0 Å². The average molecular weight is 385 g/mol. The summed E-state index contributed by atoms with van der Waals surface area (Å²) in [5.41, 5.74) is 6.44. The third kappa shape index (κ3) is 4.30. The maximum absolute atomic E-state index is 13.0. The highest BCUT2D eigenvalue weighted by atomic mass is 35.5. The molecule has 1 aliphatic carbocycles. The molecule has 0 heterocycles. The van der Waals surface area contributed by atoms with Crippen LogP contribution in [0.4, 0.5) is 18.9 Å². The zero-order valence-electron chi connectivity index (χ0n) is 14.2. The Balaban J connectivity index is 0.00000243. The molecule has 0 spiro atoms. The second kappa shape index (κ2) is 7.58. The lowest BCUT2D eigenvalue weighted by Gasteiger charge is -2.30. The maximum Gasteiger partial charge on any atom is 0.416 e. The van der Waals surface area contributed by atoms with Crippen molar-refractivity contribution >= 4 is 24.0 Å². The van der Waals surface area contributed by atoms with Crippen LogP contribution in [0.1, 0.15) is 47.3 Å². The van der Waals surface area contributed by atoms with Gasteiger partial charge in [0.05, 0.1) is 11.6 Å². The van der Waals surface area contributed by atoms with Crippen molar-refractivity contribution in [3.8, 4) is 0 Å². The van der Waals surface area contributed by atoms with Gasteiger partial charge in [-0.2, -0.15) is 13.2 Å². The molecule has 0 bridgehead atoms. The lowest BCUT2D eigenvalue weighted by molar-refractivity contribution is -0.137. The molecule has 2 aromatic carbocycles. The second-order valence-electron chi connectivity index (χ2n) is 6.37. The fourth-order valence-corrected chi connectivity index (χ4v) is 2.97. The van der Waals surface area contributed by atoms with Crippen molar-refractivity contribution in [2.75, 3.05) is 5.73 Å². The molecule has 0 radical (unpaired) electrons. The van der Waals surface area contributed by atoms with E-state index < -0.39 is 17.8 Å². The predicted molar refractivity (Wildman–Crippen MR) is 97.2 cm³/mol. The van der Waals surface area contributed by atoms with Crippen LogP contribution in [0, 0.1) is 0 Å². The average Bonchev–Trinajstić information content (AvgIpc) is 3.39. The summed E-state index contributed by atoms with van der Waals surface area (Å²) < 4.78 is 38.9. The Morgan fingerprint density at radius 1 is 1.15 bits per heavy atom. The molecule has 0 aromatic heterocycles. The van der Waals surface area contributed by atoms with Gasteiger partial charge in [0.25, 0.3) is 5.91 Å². The molecule has 3 nitrogen and oxygen atoms in total. The second-order valence-corrected chi connectivity index (χ2v) is 6.37. The van der Waals surface area contributed by atoms with Gasteiger partial charge in [0.2, 0.25) is 0 Å². The van der Waals surface area contributed by atoms with Crippen LogP contribution < -0.4 is 5.73 Å². The number of halogens is 4. The Hall–Kier alpha value is -2.21. The molecular formula is C19H20ClF3N2O. The summed E-state index contributed by atoms with van der Waals surface area (Å²) in [4.78, 5) is 14.6. The Morgan fingerprint density at radius 2 is 1.81 bits per heavy atom. The van der Waals surface area contributed by atoms with Crippen LogP contribution in [0.25, 0.3) is 0 Å². The third-order valence-corrected chi connectivity index (χ3v) is 4.42. The van der Waals surface area contributed by atoms with E-state index in [0.717, 1.165) is 25.0 Å². The Bertz CT molecular complexity index is 790. The van der Waals surface area contributed by atoms with Crippen molar-refractivity contribution in [3.63, 3.8) is 0 Å². The van der Waals surface area contributed by atoms with E-state index in [4.69, 9.17) is 5.73 Å². The van der Waals surface area contributed by atoms with Gasteiger partial charge in [-0.25, -0.2) is 0 Å². The molecule has 1 saturated carbocycles. The van der Waals surface area contributed by atoms with Gasteiger partial charge in [0, 0.05) is 17.3 Å². The van der Waals surface area contributed by atoms with Gasteiger partial charge in [-0.05, 0) is 55.7 Å². The molecule has 3 rings (SSSR count). The summed E-state index contributed by atoms with van der Waals surface area (Å²) in [6.45, 7) is 1.76. The lowest BCUT2D eigenvalue weighted by Crippen LogP contribution is -2.35. The van der Waals surface area contributed by atoms with E-state index in [1.165, 1.54) is 6.07 Å². The monoisotopic (exact) mass is 384 g/mol. The van der Waals surface area contributed by atoms with Crippen LogP contribution in [0.5, 0.6) is 0 Å². The highest BCUT2D eigenvalue weighted by Gasteiger charge is 2.37. The normalized spacial score (nSPS) is 15.1. The van der Waals surface area contributed by atoms with Crippen molar-refractivity contribution in [2.24, 2.45) is 0 Å². The van der Waals surface area contributed by atoms with E-state index in [0.29, 0.717) is 16.8 Å². The molecule has 1 atom stereocenters. The number of benzene rings is 2. The first-order chi connectivity index (χ1) is 11.8. The largest absolute Gasteiger partial charge is 0.416 e. The number of nitrogens with two attached hydrogens (primary N) is 1. The van der Waals surface area contributed by atoms with Crippen molar-refractivity contribution < 1.29 is 18.0 Å². The summed E-state index contributed by atoms with van der Waals surface area (Å²) in [6, 6.07) is 11.4. The molecule has 1 amide bonds. The molecule has 1 fully saturated rings. The van der Waals surface area contributed by atoms with E-state index in [1.807, 2.05) is 0 Å². The minimum absolute atomic E-state index is 0. The van der Waals surface area contributed by atoms with Crippen LogP contribution in [-0.2, 0) is 6.18 Å². The molecule has 140 valence electrons. The number of carbonyl (C=O) groups is 1. The number of hydrogen-bond acceptors (Lipinski definition) is 2. The van der Waals surface area contributed by atoms with Gasteiger partial charge < -0.3 is 10.6 Å². The summed E-state index contributed by atoms with van der Waals surface area (Å²) in [5, 5.41) is 0. The van der Waals surface area contributed by atoms with Crippen molar-refractivity contribution in [1.82, 2.24) is 4.90 Å². The maximum atomic E-state index is 13.0. The predicted octanol–water partition coefficient (Wildman–Crippen LogP) is 5.08. The van der Waals surface area contributed by atoms with Crippen molar-refractivity contribution in [2.45, 2.75) is 38.0 Å². The number of hydrogen-bond donors (Lipinski definition) is 1. The van der Waals surface area contributed by atoms with Crippen LogP contribution in [-0.4, -0.2) is 16.8 Å². The van der Waals surface area contributed by atoms with E-state index in [-0.39, 0.29) is 24.4 Å². The van der Waals surface area contributed by atoms with Crippen LogP contribution in [0.15, 0.2) is 48.5 Å². The Morgan fingerprint density at radius 3 is 2.38 bits per heavy atom. The summed E-state index contributed by atoms with van der Waals surface area (Å²) >= 11 is 0. The summed E-state index contributed by atoms with van der Waals surface area (Å²) in [5.74, 6) is -0.209. The van der Waals surface area contributed by atoms with Crippen LogP contribution in [0.2, 0.25) is 0 Å². The highest BCUT2D eigenvalue weighted by molar-refractivity contribution is 5.95. The van der Waals surface area contributed by atoms with E-state index in [2.05, 4.69) is 0 Å². The number of anilines is 1. The van der Waals surface area contributed by atoms with Gasteiger partial charge in [0.1, 0.15) is 0 Å². The molecular weight excluding hydrogens is 365 g/mol. The number of nitrogen functional groups attached to an aromatic ring is 1. The molecule has 7 heteroatoms. The minimum atomic E-state index is -4.40. The SMILES string of the molecule is CC(c1cccc(C(F)(F)F)c1)N(C(=O)c1cccc(N)c1)C1CC1.Cl. The van der Waals surface area contributed by atoms with Gasteiger partial charge in [-0.1, -0.05) is 18.2 Å². The number of rotatable bonds is 4. The number of nitrogens with zero attached hydrogens (tertiary/aromatic N) is 1. The molecule has 0 saturated heterocycles. The van der Waals surface area contributed by atoms with Crippen LogP contribution >= 0.6 is 12.4 Å². The Labute approximate surface area is 156 Å². The topological polar surface area (TPSA) is 46.3 Å². The van der Waals surface area contributed by atoms with Crippen molar-refractivity contribution in [3.05, 3.63) is 65.2 Å². The fraction of sp³-hybridized carbons (Fsp3) is 0.316. The molecule has 1 aliphatic rings. The zero-order chi connectivity index (χ0) is 18.2. The summed E-state index contributed by atoms with van der Waals surface area (Å²) in [7, 11) is 0. The first kappa shape index (κ1) is 20.1. The smallest absolute Gasteiger partial charge is 0.399 e. The van der Waals surface area contributed by atoms with E-state index >= 15 is 0 Å². The van der Waals surface area contributed by atoms with Gasteiger partial charge >= 0.3 is 6.18 Å². The zero-order valence-corrected chi connectivity index (χ0v) is 15.0. The highest BCUT2D eigenvalue weighted by Crippen LogP contribution is 2.37. The fourth-order valence-electron chi connectivity index (χ4n) is 2.97. The minimum Gasteiger partial charge on any atom is -0.399 e. The van der Waals surface area contributed by atoms with Gasteiger partial charge in [-0.3, -0.25) is 4.79 Å². The third-order valence-electron chi connectivity index (χ3n) is 4.42. The molecule has 26 heavy (non-hydrogen) atoms. The molecule has 2 aromatic rings.